The molecule has 14 heavy (non-hydrogen) atoms. The van der Waals surface area contributed by atoms with Gasteiger partial charge in [0.2, 0.25) is 0 Å². The van der Waals surface area contributed by atoms with Gasteiger partial charge in [0.25, 0.3) is 0 Å². The van der Waals surface area contributed by atoms with E-state index in [1.807, 2.05) is 32.3 Å². The average Bonchev–Trinajstić information content (AvgIpc) is 2.16. The van der Waals surface area contributed by atoms with Crippen LogP contribution in [0.2, 0.25) is 0 Å². The number of hydrogen-bond acceptors (Lipinski definition) is 2. The number of anilines is 2. The van der Waals surface area contributed by atoms with Crippen LogP contribution >= 0.6 is 0 Å². The fourth-order valence-corrected chi connectivity index (χ4v) is 1.39. The molecule has 0 aromatic heterocycles. The molecule has 0 spiro atoms. The molecular weight excluding hydrogens is 179 g/mol. The van der Waals surface area contributed by atoms with Crippen molar-refractivity contribution in [1.29, 1.82) is 0 Å². The molecule has 0 bridgehead atoms. The Balaban J connectivity index is 2.83. The molecule has 1 aromatic rings. The first-order chi connectivity index (χ1) is 6.65. The van der Waals surface area contributed by atoms with E-state index in [9.17, 15) is 4.39 Å². The minimum absolute atomic E-state index is 0.342. The zero-order valence-corrected chi connectivity index (χ0v) is 8.97. The van der Waals surface area contributed by atoms with E-state index in [2.05, 4.69) is 17.1 Å². The molecule has 0 heterocycles. The van der Waals surface area contributed by atoms with Gasteiger partial charge in [0, 0.05) is 32.0 Å². The second-order valence-electron chi connectivity index (χ2n) is 3.51. The van der Waals surface area contributed by atoms with E-state index in [0.29, 0.717) is 6.54 Å². The highest BCUT2D eigenvalue weighted by Crippen LogP contribution is 2.22. The maximum atomic E-state index is 11.9. The summed E-state index contributed by atoms with van der Waals surface area (Å²) in [4.78, 5) is 2.05. The van der Waals surface area contributed by atoms with Gasteiger partial charge in [0.15, 0.2) is 0 Å². The Morgan fingerprint density at radius 1 is 1.36 bits per heavy atom. The molecule has 0 unspecified atom stereocenters. The van der Waals surface area contributed by atoms with Crippen LogP contribution in [0, 0.1) is 6.92 Å². The van der Waals surface area contributed by atoms with Crippen LogP contribution in [-0.2, 0) is 0 Å². The van der Waals surface area contributed by atoms with Crippen molar-refractivity contribution in [2.45, 2.75) is 6.92 Å². The number of alkyl halides is 1. The predicted molar refractivity (Wildman–Crippen MR) is 60.0 cm³/mol. The highest BCUT2D eigenvalue weighted by atomic mass is 19.1. The summed E-state index contributed by atoms with van der Waals surface area (Å²) < 4.78 is 11.9. The molecule has 0 amide bonds. The molecule has 0 radical (unpaired) electrons. The zero-order chi connectivity index (χ0) is 10.6. The van der Waals surface area contributed by atoms with E-state index in [0.717, 1.165) is 11.4 Å². The van der Waals surface area contributed by atoms with Gasteiger partial charge in [-0.25, -0.2) is 4.39 Å². The van der Waals surface area contributed by atoms with E-state index >= 15 is 0 Å². The van der Waals surface area contributed by atoms with Crippen molar-refractivity contribution >= 4 is 11.4 Å². The third-order valence-corrected chi connectivity index (χ3v) is 2.11. The van der Waals surface area contributed by atoms with Crippen molar-refractivity contribution in [2.75, 3.05) is 37.5 Å². The molecule has 0 aliphatic rings. The third-order valence-electron chi connectivity index (χ3n) is 2.11. The number of benzene rings is 1. The second-order valence-corrected chi connectivity index (χ2v) is 3.51. The predicted octanol–water partition coefficient (Wildman–Crippen LogP) is 2.44. The molecule has 1 N–H and O–H groups in total. The molecule has 0 atom stereocenters. The Bertz CT molecular complexity index is 297. The summed E-state index contributed by atoms with van der Waals surface area (Å²) in [5.74, 6) is 0. The topological polar surface area (TPSA) is 15.3 Å². The summed E-state index contributed by atoms with van der Waals surface area (Å²) >= 11 is 0. The van der Waals surface area contributed by atoms with Crippen molar-refractivity contribution in [2.24, 2.45) is 0 Å². The number of hydrogen-bond donors (Lipinski definition) is 1. The van der Waals surface area contributed by atoms with Gasteiger partial charge in [0.1, 0.15) is 6.67 Å². The highest BCUT2D eigenvalue weighted by molar-refractivity contribution is 5.61. The monoisotopic (exact) mass is 196 g/mol. The molecule has 0 saturated carbocycles. The Hall–Kier alpha value is -1.25. The van der Waals surface area contributed by atoms with Crippen LogP contribution in [0.4, 0.5) is 15.8 Å². The number of aryl methyl sites for hydroxylation is 1. The van der Waals surface area contributed by atoms with E-state index in [1.165, 1.54) is 5.56 Å². The van der Waals surface area contributed by atoms with Gasteiger partial charge in [-0.2, -0.15) is 0 Å². The molecule has 1 rings (SSSR count). The molecule has 0 fully saturated rings. The van der Waals surface area contributed by atoms with E-state index in [1.54, 1.807) is 0 Å². The van der Waals surface area contributed by atoms with Crippen molar-refractivity contribution in [3.05, 3.63) is 23.8 Å². The first kappa shape index (κ1) is 10.8. The summed E-state index contributed by atoms with van der Waals surface area (Å²) in [6, 6.07) is 6.04. The number of halogens is 1. The highest BCUT2D eigenvalue weighted by Gasteiger charge is 2.01. The quantitative estimate of drug-likeness (QED) is 0.795. The van der Waals surface area contributed by atoms with Crippen LogP contribution in [0.5, 0.6) is 0 Å². The summed E-state index contributed by atoms with van der Waals surface area (Å²) in [5, 5.41) is 3.02. The molecular formula is C11H17FN2. The molecule has 3 heteroatoms. The van der Waals surface area contributed by atoms with Gasteiger partial charge in [-0.1, -0.05) is 6.07 Å². The Morgan fingerprint density at radius 2 is 2.07 bits per heavy atom. The molecule has 78 valence electrons. The van der Waals surface area contributed by atoms with Gasteiger partial charge in [-0.05, 0) is 24.6 Å². The van der Waals surface area contributed by atoms with Crippen LogP contribution in [-0.4, -0.2) is 27.3 Å². The average molecular weight is 196 g/mol. The SMILES string of the molecule is Cc1ccc(NCCF)cc1N(C)C. The van der Waals surface area contributed by atoms with Crippen LogP contribution < -0.4 is 10.2 Å². The van der Waals surface area contributed by atoms with Gasteiger partial charge < -0.3 is 10.2 Å². The van der Waals surface area contributed by atoms with Crippen molar-refractivity contribution in [1.82, 2.24) is 0 Å². The number of nitrogens with one attached hydrogen (secondary N) is 1. The number of nitrogens with zero attached hydrogens (tertiary/aromatic N) is 1. The lowest BCUT2D eigenvalue weighted by Gasteiger charge is -2.17. The van der Waals surface area contributed by atoms with Crippen LogP contribution in [0.25, 0.3) is 0 Å². The van der Waals surface area contributed by atoms with Crippen LogP contribution in [0.1, 0.15) is 5.56 Å². The first-order valence-electron chi connectivity index (χ1n) is 4.73. The van der Waals surface area contributed by atoms with Crippen molar-refractivity contribution < 1.29 is 4.39 Å². The van der Waals surface area contributed by atoms with E-state index < -0.39 is 0 Å². The molecule has 0 aliphatic heterocycles. The summed E-state index contributed by atoms with van der Waals surface area (Å²) in [6.45, 7) is 2.09. The minimum Gasteiger partial charge on any atom is -0.382 e. The third kappa shape index (κ3) is 2.62. The minimum atomic E-state index is -0.342. The Kier molecular flexibility index (Phi) is 3.74. The molecule has 0 saturated heterocycles. The van der Waals surface area contributed by atoms with E-state index in [-0.39, 0.29) is 6.67 Å². The van der Waals surface area contributed by atoms with Crippen LogP contribution in [0.3, 0.4) is 0 Å². The van der Waals surface area contributed by atoms with Gasteiger partial charge in [0.05, 0.1) is 0 Å². The normalized spacial score (nSPS) is 10.0. The molecule has 1 aromatic carbocycles. The Labute approximate surface area is 84.7 Å². The van der Waals surface area contributed by atoms with Gasteiger partial charge >= 0.3 is 0 Å². The Morgan fingerprint density at radius 3 is 2.64 bits per heavy atom. The molecule has 0 aliphatic carbocycles. The van der Waals surface area contributed by atoms with Crippen LogP contribution in [0.15, 0.2) is 18.2 Å². The van der Waals surface area contributed by atoms with Crippen molar-refractivity contribution in [3.8, 4) is 0 Å². The fourth-order valence-electron chi connectivity index (χ4n) is 1.39. The zero-order valence-electron chi connectivity index (χ0n) is 8.97. The lowest BCUT2D eigenvalue weighted by atomic mass is 10.1. The fraction of sp³-hybridized carbons (Fsp3) is 0.455. The van der Waals surface area contributed by atoms with Gasteiger partial charge in [-0.15, -0.1) is 0 Å². The lowest BCUT2D eigenvalue weighted by Crippen LogP contribution is -2.11. The maximum absolute atomic E-state index is 11.9. The first-order valence-corrected chi connectivity index (χ1v) is 4.73. The van der Waals surface area contributed by atoms with Gasteiger partial charge in [-0.3, -0.25) is 0 Å². The molecule has 2 nitrogen and oxygen atoms in total. The second kappa shape index (κ2) is 4.84. The lowest BCUT2D eigenvalue weighted by molar-refractivity contribution is 0.513. The number of rotatable bonds is 4. The summed E-state index contributed by atoms with van der Waals surface area (Å²) in [5.41, 5.74) is 3.35. The van der Waals surface area contributed by atoms with E-state index in [4.69, 9.17) is 0 Å². The maximum Gasteiger partial charge on any atom is 0.107 e. The summed E-state index contributed by atoms with van der Waals surface area (Å²) in [7, 11) is 4.00. The smallest absolute Gasteiger partial charge is 0.107 e. The van der Waals surface area contributed by atoms with Crippen molar-refractivity contribution in [3.63, 3.8) is 0 Å². The largest absolute Gasteiger partial charge is 0.382 e. The standard InChI is InChI=1S/C11H17FN2/c1-9-4-5-10(13-7-6-12)8-11(9)14(2)3/h4-5,8,13H,6-7H2,1-3H3. The summed E-state index contributed by atoms with van der Waals surface area (Å²) in [6.07, 6.45) is 0.